The highest BCUT2D eigenvalue weighted by atomic mass is 19.1. The van der Waals surface area contributed by atoms with Crippen LogP contribution in [-0.2, 0) is 4.74 Å². The maximum atomic E-state index is 14.0. The number of hydrogen-bond donors (Lipinski definition) is 3. The number of halogens is 1. The molecular formula is C10H12FN5O3. The molecule has 1 fully saturated rings. The molecule has 2 aromatic rings. The van der Waals surface area contributed by atoms with Crippen molar-refractivity contribution in [3.05, 3.63) is 12.7 Å². The van der Waals surface area contributed by atoms with Crippen molar-refractivity contribution >= 4 is 17.0 Å². The summed E-state index contributed by atoms with van der Waals surface area (Å²) in [6.07, 6.45) is -2.61. The second-order valence-electron chi connectivity index (χ2n) is 4.27. The first-order valence-corrected chi connectivity index (χ1v) is 5.65. The number of ether oxygens (including phenoxy) is 1. The predicted octanol–water partition coefficient (Wildman–Crippen LogP) is -1.00. The van der Waals surface area contributed by atoms with Crippen LogP contribution in [0.25, 0.3) is 11.2 Å². The molecule has 2 aromatic heterocycles. The third kappa shape index (κ3) is 1.74. The number of aliphatic hydroxyl groups is 2. The summed E-state index contributed by atoms with van der Waals surface area (Å²) in [7, 11) is 0. The molecule has 3 heterocycles. The van der Waals surface area contributed by atoms with Gasteiger partial charge in [-0.25, -0.2) is 19.3 Å². The van der Waals surface area contributed by atoms with Gasteiger partial charge < -0.3 is 20.7 Å². The van der Waals surface area contributed by atoms with Gasteiger partial charge in [-0.2, -0.15) is 0 Å². The van der Waals surface area contributed by atoms with Gasteiger partial charge >= 0.3 is 0 Å². The number of nitrogens with zero attached hydrogens (tertiary/aromatic N) is 4. The van der Waals surface area contributed by atoms with Gasteiger partial charge in [-0.05, 0) is 0 Å². The number of aromatic nitrogens is 4. The number of anilines is 1. The molecule has 3 rings (SSSR count). The van der Waals surface area contributed by atoms with Crippen LogP contribution in [0.2, 0.25) is 0 Å². The summed E-state index contributed by atoms with van der Waals surface area (Å²) in [5.74, 6) is 0.177. The monoisotopic (exact) mass is 269 g/mol. The van der Waals surface area contributed by atoms with Gasteiger partial charge in [-0.3, -0.25) is 4.57 Å². The zero-order valence-corrected chi connectivity index (χ0v) is 9.72. The summed E-state index contributed by atoms with van der Waals surface area (Å²) in [4.78, 5) is 11.8. The zero-order valence-electron chi connectivity index (χ0n) is 9.72. The number of hydrogen-bond acceptors (Lipinski definition) is 7. The van der Waals surface area contributed by atoms with E-state index in [2.05, 4.69) is 15.0 Å². The summed E-state index contributed by atoms with van der Waals surface area (Å²) < 4.78 is 20.6. The molecule has 0 amide bonds. The van der Waals surface area contributed by atoms with Crippen LogP contribution in [0.5, 0.6) is 0 Å². The molecule has 4 N–H and O–H groups in total. The molecule has 19 heavy (non-hydrogen) atoms. The highest BCUT2D eigenvalue weighted by molar-refractivity contribution is 5.81. The van der Waals surface area contributed by atoms with Crippen molar-refractivity contribution in [1.29, 1.82) is 0 Å². The minimum Gasteiger partial charge on any atom is -0.394 e. The predicted molar refractivity (Wildman–Crippen MR) is 61.6 cm³/mol. The number of nitrogen functional groups attached to an aromatic ring is 1. The number of imidazole rings is 1. The van der Waals surface area contributed by atoms with E-state index in [4.69, 9.17) is 15.6 Å². The molecule has 0 bridgehead atoms. The van der Waals surface area contributed by atoms with E-state index in [1.165, 1.54) is 17.2 Å². The van der Waals surface area contributed by atoms with Gasteiger partial charge in [0.15, 0.2) is 23.9 Å². The number of aliphatic hydroxyl groups excluding tert-OH is 2. The Labute approximate surface area is 106 Å². The Morgan fingerprint density at radius 1 is 1.42 bits per heavy atom. The molecule has 0 radical (unpaired) electrons. The van der Waals surface area contributed by atoms with Gasteiger partial charge in [-0.15, -0.1) is 0 Å². The van der Waals surface area contributed by atoms with E-state index in [0.717, 1.165) is 0 Å². The highest BCUT2D eigenvalue weighted by Gasteiger charge is 2.45. The summed E-state index contributed by atoms with van der Waals surface area (Å²) in [5, 5.41) is 18.6. The first-order valence-electron chi connectivity index (χ1n) is 5.65. The minimum absolute atomic E-state index is 0.177. The first kappa shape index (κ1) is 12.2. The summed E-state index contributed by atoms with van der Waals surface area (Å²) in [6, 6.07) is 0. The smallest absolute Gasteiger partial charge is 0.173 e. The van der Waals surface area contributed by atoms with Crippen molar-refractivity contribution in [2.24, 2.45) is 0 Å². The largest absolute Gasteiger partial charge is 0.394 e. The van der Waals surface area contributed by atoms with E-state index in [1.54, 1.807) is 0 Å². The van der Waals surface area contributed by atoms with Crippen LogP contribution in [-0.4, -0.2) is 54.7 Å². The molecule has 4 atom stereocenters. The molecule has 8 nitrogen and oxygen atoms in total. The Balaban J connectivity index is 2.04. The molecule has 1 aliphatic heterocycles. The fourth-order valence-corrected chi connectivity index (χ4v) is 2.13. The fourth-order valence-electron chi connectivity index (χ4n) is 2.13. The van der Waals surface area contributed by atoms with Crippen molar-refractivity contribution in [2.45, 2.75) is 24.6 Å². The lowest BCUT2D eigenvalue weighted by Crippen LogP contribution is -2.30. The highest BCUT2D eigenvalue weighted by Crippen LogP contribution is 2.33. The van der Waals surface area contributed by atoms with Gasteiger partial charge in [0.25, 0.3) is 0 Å². The van der Waals surface area contributed by atoms with Crippen LogP contribution in [0.4, 0.5) is 10.2 Å². The summed E-state index contributed by atoms with van der Waals surface area (Å²) >= 11 is 0. The number of nitrogens with two attached hydrogens (primary N) is 1. The molecule has 0 spiro atoms. The lowest BCUT2D eigenvalue weighted by molar-refractivity contribution is -0.0459. The Morgan fingerprint density at radius 2 is 2.21 bits per heavy atom. The Hall–Kier alpha value is -1.84. The zero-order chi connectivity index (χ0) is 13.6. The van der Waals surface area contributed by atoms with Crippen LogP contribution in [0.1, 0.15) is 6.23 Å². The second kappa shape index (κ2) is 4.37. The Bertz CT molecular complexity index is 606. The third-order valence-corrected chi connectivity index (χ3v) is 3.13. The average molecular weight is 269 g/mol. The fraction of sp³-hybridized carbons (Fsp3) is 0.500. The molecule has 0 unspecified atom stereocenters. The van der Waals surface area contributed by atoms with Crippen LogP contribution in [0, 0.1) is 0 Å². The lowest BCUT2D eigenvalue weighted by atomic mass is 10.1. The van der Waals surface area contributed by atoms with E-state index in [1.807, 2.05) is 0 Å². The molecule has 102 valence electrons. The van der Waals surface area contributed by atoms with Crippen LogP contribution >= 0.6 is 0 Å². The van der Waals surface area contributed by atoms with Gasteiger partial charge in [0.1, 0.15) is 24.1 Å². The molecule has 1 aliphatic rings. The summed E-state index contributed by atoms with van der Waals surface area (Å²) in [6.45, 7) is -0.470. The number of rotatable bonds is 2. The van der Waals surface area contributed by atoms with E-state index < -0.39 is 31.2 Å². The van der Waals surface area contributed by atoms with Gasteiger partial charge in [0.2, 0.25) is 0 Å². The molecular weight excluding hydrogens is 257 g/mol. The minimum atomic E-state index is -1.69. The SMILES string of the molecule is Nc1ncnc2c1ncn2[C@@H]1O[C@H](CO)[C@H](O)[C@@H]1F. The Morgan fingerprint density at radius 3 is 2.89 bits per heavy atom. The third-order valence-electron chi connectivity index (χ3n) is 3.13. The molecule has 0 saturated carbocycles. The van der Waals surface area contributed by atoms with Crippen LogP contribution in [0.3, 0.4) is 0 Å². The van der Waals surface area contributed by atoms with Crippen molar-refractivity contribution in [2.75, 3.05) is 12.3 Å². The molecule has 0 aliphatic carbocycles. The van der Waals surface area contributed by atoms with Crippen molar-refractivity contribution in [3.8, 4) is 0 Å². The van der Waals surface area contributed by atoms with E-state index in [-0.39, 0.29) is 5.82 Å². The number of fused-ring (bicyclic) bond motifs is 1. The topological polar surface area (TPSA) is 119 Å². The normalized spacial score (nSPS) is 31.1. The van der Waals surface area contributed by atoms with E-state index in [0.29, 0.717) is 11.2 Å². The Kier molecular flexibility index (Phi) is 2.81. The maximum absolute atomic E-state index is 14.0. The second-order valence-corrected chi connectivity index (χ2v) is 4.27. The molecule has 0 aromatic carbocycles. The van der Waals surface area contributed by atoms with Gasteiger partial charge in [-0.1, -0.05) is 0 Å². The molecule has 9 heteroatoms. The van der Waals surface area contributed by atoms with Crippen molar-refractivity contribution < 1.29 is 19.3 Å². The van der Waals surface area contributed by atoms with E-state index >= 15 is 0 Å². The number of alkyl halides is 1. The van der Waals surface area contributed by atoms with Gasteiger partial charge in [0, 0.05) is 0 Å². The quantitative estimate of drug-likeness (QED) is 0.639. The van der Waals surface area contributed by atoms with Gasteiger partial charge in [0.05, 0.1) is 12.9 Å². The maximum Gasteiger partial charge on any atom is 0.173 e. The van der Waals surface area contributed by atoms with E-state index in [9.17, 15) is 9.50 Å². The van der Waals surface area contributed by atoms with Crippen LogP contribution < -0.4 is 5.73 Å². The molecule has 1 saturated heterocycles. The average Bonchev–Trinajstić information content (AvgIpc) is 2.94. The van der Waals surface area contributed by atoms with Crippen LogP contribution in [0.15, 0.2) is 12.7 Å². The van der Waals surface area contributed by atoms with Crippen molar-refractivity contribution in [3.63, 3.8) is 0 Å². The first-order chi connectivity index (χ1) is 9.13. The standard InChI is InChI=1S/C10H12FN5O3/c11-5-7(18)4(1-17)19-10(5)16-3-15-6-8(12)13-2-14-9(6)16/h2-5,7,10,17-18H,1H2,(H2,12,13,14)/t4-,5+,7+,10-/m1/s1. The summed E-state index contributed by atoms with van der Waals surface area (Å²) in [5.41, 5.74) is 6.28. The van der Waals surface area contributed by atoms with Crippen molar-refractivity contribution in [1.82, 2.24) is 19.5 Å². The lowest BCUT2D eigenvalue weighted by Gasteiger charge is -2.14.